The predicted molar refractivity (Wildman–Crippen MR) is 65.1 cm³/mol. The molecular weight excluding hydrogens is 198 g/mol. The first-order valence-electron chi connectivity index (χ1n) is 6.17. The number of benzene rings is 1. The van der Waals surface area contributed by atoms with E-state index in [1.54, 1.807) is 0 Å². The van der Waals surface area contributed by atoms with E-state index < -0.39 is 0 Å². The second-order valence-corrected chi connectivity index (χ2v) is 5.58. The van der Waals surface area contributed by atoms with Crippen LogP contribution < -0.4 is 10.1 Å². The van der Waals surface area contributed by atoms with Crippen molar-refractivity contribution >= 4 is 0 Å². The molecule has 1 aromatic carbocycles. The molecule has 2 nitrogen and oxygen atoms in total. The number of hydrogen-bond acceptors (Lipinski definition) is 2. The largest absolute Gasteiger partial charge is 0.488 e. The molecule has 0 spiro atoms. The fourth-order valence-corrected chi connectivity index (χ4v) is 2.46. The minimum atomic E-state index is 0.00649. The molecule has 2 heteroatoms. The topological polar surface area (TPSA) is 21.3 Å². The van der Waals surface area contributed by atoms with E-state index in [1.807, 2.05) is 0 Å². The predicted octanol–water partition coefficient (Wildman–Crippen LogP) is 2.48. The van der Waals surface area contributed by atoms with E-state index in [0.29, 0.717) is 0 Å². The van der Waals surface area contributed by atoms with Gasteiger partial charge in [0, 0.05) is 19.0 Å². The molecule has 0 amide bonds. The Labute approximate surface area is 97.0 Å². The van der Waals surface area contributed by atoms with E-state index in [-0.39, 0.29) is 5.60 Å². The van der Waals surface area contributed by atoms with E-state index in [1.165, 1.54) is 11.1 Å². The van der Waals surface area contributed by atoms with Crippen LogP contribution in [0.1, 0.15) is 37.3 Å². The average Bonchev–Trinajstić information content (AvgIpc) is 2.14. The lowest BCUT2D eigenvalue weighted by atomic mass is 9.88. The molecule has 0 atom stereocenters. The summed E-state index contributed by atoms with van der Waals surface area (Å²) in [5, 5.41) is 3.32. The highest BCUT2D eigenvalue weighted by Gasteiger charge is 2.27. The fraction of sp³-hybridized carbons (Fsp3) is 0.571. The third-order valence-electron chi connectivity index (χ3n) is 3.72. The van der Waals surface area contributed by atoms with Gasteiger partial charge in [-0.25, -0.2) is 0 Å². The lowest BCUT2D eigenvalue weighted by Gasteiger charge is -2.34. The van der Waals surface area contributed by atoms with Crippen molar-refractivity contribution in [2.24, 2.45) is 0 Å². The van der Waals surface area contributed by atoms with Crippen molar-refractivity contribution in [3.63, 3.8) is 0 Å². The Bertz CT molecular complexity index is 407. The van der Waals surface area contributed by atoms with Gasteiger partial charge in [-0.15, -0.1) is 0 Å². The van der Waals surface area contributed by atoms with Crippen LogP contribution in [0.4, 0.5) is 0 Å². The van der Waals surface area contributed by atoms with Crippen LogP contribution in [0, 0.1) is 0 Å². The number of ether oxygens (including phenoxy) is 1. The second-order valence-electron chi connectivity index (χ2n) is 5.58. The van der Waals surface area contributed by atoms with Gasteiger partial charge in [0.2, 0.25) is 0 Å². The molecular formula is C14H19NO. The molecule has 0 aliphatic carbocycles. The number of rotatable bonds is 1. The zero-order valence-electron chi connectivity index (χ0n) is 10.0. The number of aryl methyl sites for hydroxylation is 1. The minimum absolute atomic E-state index is 0.00649. The maximum Gasteiger partial charge on any atom is 0.123 e. The fourth-order valence-electron chi connectivity index (χ4n) is 2.46. The molecule has 2 heterocycles. The van der Waals surface area contributed by atoms with Gasteiger partial charge in [-0.05, 0) is 43.9 Å². The van der Waals surface area contributed by atoms with Gasteiger partial charge in [0.1, 0.15) is 11.4 Å². The molecule has 0 unspecified atom stereocenters. The van der Waals surface area contributed by atoms with Crippen LogP contribution in [0.3, 0.4) is 0 Å². The lowest BCUT2D eigenvalue weighted by molar-refractivity contribution is 0.0846. The lowest BCUT2D eigenvalue weighted by Crippen LogP contribution is -2.40. The molecule has 2 aliphatic heterocycles. The standard InChI is InChI=1S/C14H19NO/c1-14(2)6-5-11-7-10(12-8-15-9-12)3-4-13(11)16-14/h3-4,7,12,15H,5-6,8-9H2,1-2H3. The van der Waals surface area contributed by atoms with Gasteiger partial charge in [-0.2, -0.15) is 0 Å². The number of hydrogen-bond donors (Lipinski definition) is 1. The van der Waals surface area contributed by atoms with Crippen LogP contribution in [-0.2, 0) is 6.42 Å². The van der Waals surface area contributed by atoms with Crippen LogP contribution in [-0.4, -0.2) is 18.7 Å². The molecule has 1 fully saturated rings. The molecule has 16 heavy (non-hydrogen) atoms. The summed E-state index contributed by atoms with van der Waals surface area (Å²) in [4.78, 5) is 0. The highest BCUT2D eigenvalue weighted by Crippen LogP contribution is 2.35. The van der Waals surface area contributed by atoms with Crippen molar-refractivity contribution in [2.45, 2.75) is 38.2 Å². The van der Waals surface area contributed by atoms with Gasteiger partial charge in [-0.3, -0.25) is 0 Å². The first-order chi connectivity index (χ1) is 7.64. The quantitative estimate of drug-likeness (QED) is 0.780. The van der Waals surface area contributed by atoms with Crippen LogP contribution in [0.5, 0.6) is 5.75 Å². The molecule has 2 aliphatic rings. The summed E-state index contributed by atoms with van der Waals surface area (Å²) in [6.45, 7) is 6.59. The van der Waals surface area contributed by atoms with Crippen molar-refractivity contribution in [1.82, 2.24) is 5.32 Å². The molecule has 0 saturated carbocycles. The summed E-state index contributed by atoms with van der Waals surface area (Å²) in [6, 6.07) is 6.73. The van der Waals surface area contributed by atoms with E-state index in [4.69, 9.17) is 4.74 Å². The first-order valence-corrected chi connectivity index (χ1v) is 6.17. The third kappa shape index (κ3) is 1.71. The Balaban J connectivity index is 1.89. The zero-order chi connectivity index (χ0) is 11.2. The van der Waals surface area contributed by atoms with E-state index in [2.05, 4.69) is 37.4 Å². The molecule has 1 saturated heterocycles. The highest BCUT2D eigenvalue weighted by atomic mass is 16.5. The molecule has 0 bridgehead atoms. The van der Waals surface area contributed by atoms with Crippen LogP contribution in [0.2, 0.25) is 0 Å². The van der Waals surface area contributed by atoms with Crippen LogP contribution in [0.25, 0.3) is 0 Å². The van der Waals surface area contributed by atoms with Crippen molar-refractivity contribution < 1.29 is 4.74 Å². The monoisotopic (exact) mass is 217 g/mol. The average molecular weight is 217 g/mol. The van der Waals surface area contributed by atoms with Crippen molar-refractivity contribution in [2.75, 3.05) is 13.1 Å². The Morgan fingerprint density at radius 3 is 2.81 bits per heavy atom. The SMILES string of the molecule is CC1(C)CCc2cc(C3CNC3)ccc2O1. The van der Waals surface area contributed by atoms with Crippen molar-refractivity contribution in [3.8, 4) is 5.75 Å². The molecule has 0 radical (unpaired) electrons. The molecule has 1 N–H and O–H groups in total. The Kier molecular flexibility index (Phi) is 2.21. The van der Waals surface area contributed by atoms with Crippen LogP contribution in [0.15, 0.2) is 18.2 Å². The minimum Gasteiger partial charge on any atom is -0.488 e. The van der Waals surface area contributed by atoms with Gasteiger partial charge in [0.15, 0.2) is 0 Å². The van der Waals surface area contributed by atoms with E-state index >= 15 is 0 Å². The van der Waals surface area contributed by atoms with E-state index in [0.717, 1.165) is 37.6 Å². The second kappa shape index (κ2) is 3.49. The summed E-state index contributed by atoms with van der Waals surface area (Å²) in [5.74, 6) is 1.81. The van der Waals surface area contributed by atoms with Gasteiger partial charge in [0.25, 0.3) is 0 Å². The van der Waals surface area contributed by atoms with Crippen molar-refractivity contribution in [1.29, 1.82) is 0 Å². The van der Waals surface area contributed by atoms with Crippen LogP contribution >= 0.6 is 0 Å². The first kappa shape index (κ1) is 10.2. The smallest absolute Gasteiger partial charge is 0.123 e. The third-order valence-corrected chi connectivity index (χ3v) is 3.72. The molecule has 1 aromatic rings. The summed E-state index contributed by atoms with van der Waals surface area (Å²) < 4.78 is 5.99. The van der Waals surface area contributed by atoms with Crippen molar-refractivity contribution in [3.05, 3.63) is 29.3 Å². The van der Waals surface area contributed by atoms with Gasteiger partial charge in [0.05, 0.1) is 0 Å². The number of nitrogens with one attached hydrogen (secondary N) is 1. The Hall–Kier alpha value is -1.02. The normalized spacial score (nSPS) is 23.1. The molecule has 3 rings (SSSR count). The van der Waals surface area contributed by atoms with Gasteiger partial charge in [-0.1, -0.05) is 12.1 Å². The Morgan fingerprint density at radius 2 is 2.12 bits per heavy atom. The molecule has 0 aromatic heterocycles. The Morgan fingerprint density at radius 1 is 1.31 bits per heavy atom. The van der Waals surface area contributed by atoms with Gasteiger partial charge >= 0.3 is 0 Å². The summed E-state index contributed by atoms with van der Waals surface area (Å²) >= 11 is 0. The zero-order valence-corrected chi connectivity index (χ0v) is 10.0. The maximum absolute atomic E-state index is 5.99. The summed E-state index contributed by atoms with van der Waals surface area (Å²) in [5.41, 5.74) is 2.87. The molecule has 86 valence electrons. The van der Waals surface area contributed by atoms with Gasteiger partial charge < -0.3 is 10.1 Å². The highest BCUT2D eigenvalue weighted by molar-refractivity contribution is 5.41. The van der Waals surface area contributed by atoms with E-state index in [9.17, 15) is 0 Å². The maximum atomic E-state index is 5.99. The summed E-state index contributed by atoms with van der Waals surface area (Å²) in [7, 11) is 0. The summed E-state index contributed by atoms with van der Waals surface area (Å²) in [6.07, 6.45) is 2.27. The number of fused-ring (bicyclic) bond motifs is 1.